The van der Waals surface area contributed by atoms with E-state index in [4.69, 9.17) is 34.8 Å². The van der Waals surface area contributed by atoms with Crippen LogP contribution in [-0.2, 0) is 26.2 Å². The van der Waals surface area contributed by atoms with Gasteiger partial charge in [-0.05, 0) is 74.7 Å². The van der Waals surface area contributed by atoms with Crippen LogP contribution in [0.1, 0.15) is 38.3 Å². The van der Waals surface area contributed by atoms with Crippen molar-refractivity contribution in [1.29, 1.82) is 0 Å². The first kappa shape index (κ1) is 31.7. The Balaban J connectivity index is 2.05. The summed E-state index contributed by atoms with van der Waals surface area (Å²) in [6.45, 7) is 6.63. The van der Waals surface area contributed by atoms with Crippen molar-refractivity contribution in [2.24, 2.45) is 0 Å². The number of rotatable bonds is 11. The molecule has 214 valence electrons. The van der Waals surface area contributed by atoms with E-state index in [1.807, 2.05) is 13.8 Å². The molecule has 1 N–H and O–H groups in total. The predicted octanol–water partition coefficient (Wildman–Crippen LogP) is 6.48. The van der Waals surface area contributed by atoms with Crippen LogP contribution in [0.2, 0.25) is 15.1 Å². The molecule has 0 saturated heterocycles. The molecule has 0 fully saturated rings. The SMILES string of the molecule is CC[C@H](C)NC(=O)[C@@H](C)N(Cc1ccc(Cl)c(Cl)c1)C(=O)CN(c1ccc(C)c(Cl)c1)S(=O)(=O)c1ccccc1. The summed E-state index contributed by atoms with van der Waals surface area (Å²) in [5.74, 6) is -0.951. The van der Waals surface area contributed by atoms with Gasteiger partial charge in [0.2, 0.25) is 11.8 Å². The largest absolute Gasteiger partial charge is 0.352 e. The molecule has 0 unspecified atom stereocenters. The number of nitrogens with zero attached hydrogens (tertiary/aromatic N) is 2. The predicted molar refractivity (Wildman–Crippen MR) is 162 cm³/mol. The second-order valence-electron chi connectivity index (χ2n) is 9.52. The molecule has 3 aromatic carbocycles. The molecule has 11 heteroatoms. The summed E-state index contributed by atoms with van der Waals surface area (Å²) < 4.78 is 28.6. The molecule has 7 nitrogen and oxygen atoms in total. The summed E-state index contributed by atoms with van der Waals surface area (Å²) in [5.41, 5.74) is 1.60. The summed E-state index contributed by atoms with van der Waals surface area (Å²) in [5, 5.41) is 3.90. The molecule has 3 rings (SSSR count). The average molecular weight is 625 g/mol. The number of benzene rings is 3. The first-order chi connectivity index (χ1) is 18.8. The van der Waals surface area contributed by atoms with Crippen LogP contribution in [0.4, 0.5) is 5.69 Å². The van der Waals surface area contributed by atoms with Gasteiger partial charge in [-0.25, -0.2) is 8.42 Å². The second kappa shape index (κ2) is 13.7. The zero-order chi connectivity index (χ0) is 29.6. The molecule has 40 heavy (non-hydrogen) atoms. The molecule has 0 aromatic heterocycles. The molecule has 0 saturated carbocycles. The Labute approximate surface area is 251 Å². The highest BCUT2D eigenvalue weighted by Gasteiger charge is 2.33. The van der Waals surface area contributed by atoms with Crippen molar-refractivity contribution in [3.63, 3.8) is 0 Å². The van der Waals surface area contributed by atoms with Crippen LogP contribution in [0.5, 0.6) is 0 Å². The zero-order valence-corrected chi connectivity index (χ0v) is 25.8. The summed E-state index contributed by atoms with van der Waals surface area (Å²) in [7, 11) is -4.18. The lowest BCUT2D eigenvalue weighted by atomic mass is 10.1. The molecule has 0 bridgehead atoms. The van der Waals surface area contributed by atoms with Gasteiger partial charge in [0.1, 0.15) is 12.6 Å². The number of amides is 2. The van der Waals surface area contributed by atoms with E-state index in [1.165, 1.54) is 23.1 Å². The van der Waals surface area contributed by atoms with E-state index in [0.717, 1.165) is 9.87 Å². The van der Waals surface area contributed by atoms with Crippen molar-refractivity contribution in [1.82, 2.24) is 10.2 Å². The minimum Gasteiger partial charge on any atom is -0.352 e. The number of carbonyl (C=O) groups is 2. The first-order valence-electron chi connectivity index (χ1n) is 12.7. The van der Waals surface area contributed by atoms with E-state index in [9.17, 15) is 18.0 Å². The highest BCUT2D eigenvalue weighted by molar-refractivity contribution is 7.92. The normalized spacial score (nSPS) is 12.9. The van der Waals surface area contributed by atoms with Gasteiger partial charge in [0.05, 0.1) is 20.6 Å². The minimum absolute atomic E-state index is 0.00130. The number of carbonyl (C=O) groups excluding carboxylic acids is 2. The smallest absolute Gasteiger partial charge is 0.264 e. The van der Waals surface area contributed by atoms with Gasteiger partial charge in [-0.1, -0.05) is 72.1 Å². The second-order valence-corrected chi connectivity index (χ2v) is 12.6. The Morgan fingerprint density at radius 1 is 0.900 bits per heavy atom. The third-order valence-electron chi connectivity index (χ3n) is 6.56. The fourth-order valence-electron chi connectivity index (χ4n) is 3.87. The number of halogens is 3. The number of hydrogen-bond acceptors (Lipinski definition) is 4. The maximum atomic E-state index is 14.0. The third-order valence-corrected chi connectivity index (χ3v) is 9.49. The summed E-state index contributed by atoms with van der Waals surface area (Å²) in [6, 6.07) is 16.5. The topological polar surface area (TPSA) is 86.8 Å². The van der Waals surface area contributed by atoms with Crippen molar-refractivity contribution >= 4 is 62.3 Å². The number of sulfonamides is 1. The monoisotopic (exact) mass is 623 g/mol. The maximum Gasteiger partial charge on any atom is 0.264 e. The number of aryl methyl sites for hydroxylation is 1. The van der Waals surface area contributed by atoms with Crippen LogP contribution in [0, 0.1) is 6.92 Å². The standard InChI is InChI=1S/C29H32Cl3N3O4S/c1-5-20(3)33-29(37)21(4)34(17-22-12-14-25(30)27(32)15-22)28(36)18-35(23-13-11-19(2)26(31)16-23)40(38,39)24-9-7-6-8-10-24/h6-16,20-21H,5,17-18H2,1-4H3,(H,33,37)/t20-,21+/m0/s1. The third kappa shape index (κ3) is 7.69. The fourth-order valence-corrected chi connectivity index (χ4v) is 5.79. The Hall–Kier alpha value is -2.78. The zero-order valence-electron chi connectivity index (χ0n) is 22.7. The van der Waals surface area contributed by atoms with Gasteiger partial charge in [0.15, 0.2) is 0 Å². The molecule has 3 aromatic rings. The first-order valence-corrected chi connectivity index (χ1v) is 15.3. The van der Waals surface area contributed by atoms with Crippen molar-refractivity contribution in [2.45, 2.75) is 57.6 Å². The van der Waals surface area contributed by atoms with Gasteiger partial charge in [0, 0.05) is 17.6 Å². The fraction of sp³-hybridized carbons (Fsp3) is 0.310. The summed E-state index contributed by atoms with van der Waals surface area (Å²) in [4.78, 5) is 28.4. The molecule has 2 amide bonds. The van der Waals surface area contributed by atoms with Crippen LogP contribution in [0.3, 0.4) is 0 Å². The molecule has 0 aliphatic rings. The number of anilines is 1. The summed E-state index contributed by atoms with van der Waals surface area (Å²) in [6.07, 6.45) is 0.705. The van der Waals surface area contributed by atoms with Gasteiger partial charge < -0.3 is 10.2 Å². The van der Waals surface area contributed by atoms with E-state index in [0.29, 0.717) is 27.1 Å². The van der Waals surface area contributed by atoms with E-state index in [1.54, 1.807) is 62.4 Å². The van der Waals surface area contributed by atoms with Gasteiger partial charge >= 0.3 is 0 Å². The molecule has 0 spiro atoms. The van der Waals surface area contributed by atoms with Crippen molar-refractivity contribution in [3.8, 4) is 0 Å². The highest BCUT2D eigenvalue weighted by atomic mass is 35.5. The molecular weight excluding hydrogens is 593 g/mol. The van der Waals surface area contributed by atoms with Crippen molar-refractivity contribution < 1.29 is 18.0 Å². The van der Waals surface area contributed by atoms with Crippen molar-refractivity contribution in [3.05, 3.63) is 92.9 Å². The van der Waals surface area contributed by atoms with Gasteiger partial charge in [-0.15, -0.1) is 0 Å². The lowest BCUT2D eigenvalue weighted by molar-refractivity contribution is -0.139. The van der Waals surface area contributed by atoms with Gasteiger partial charge in [0.25, 0.3) is 10.0 Å². The molecule has 0 heterocycles. The van der Waals surface area contributed by atoms with E-state index in [2.05, 4.69) is 5.32 Å². The molecule has 2 atom stereocenters. The minimum atomic E-state index is -4.18. The molecule has 0 radical (unpaired) electrons. The Bertz CT molecular complexity index is 1470. The Morgan fingerprint density at radius 2 is 1.57 bits per heavy atom. The highest BCUT2D eigenvalue weighted by Crippen LogP contribution is 2.29. The number of hydrogen-bond donors (Lipinski definition) is 1. The van der Waals surface area contributed by atoms with E-state index in [-0.39, 0.29) is 29.1 Å². The van der Waals surface area contributed by atoms with Crippen LogP contribution >= 0.6 is 34.8 Å². The van der Waals surface area contributed by atoms with Crippen LogP contribution in [0.25, 0.3) is 0 Å². The molecular formula is C29H32Cl3N3O4S. The van der Waals surface area contributed by atoms with Crippen LogP contribution < -0.4 is 9.62 Å². The van der Waals surface area contributed by atoms with Gasteiger partial charge in [-0.3, -0.25) is 13.9 Å². The average Bonchev–Trinajstić information content (AvgIpc) is 2.93. The lowest BCUT2D eigenvalue weighted by Gasteiger charge is -2.32. The Kier molecular flexibility index (Phi) is 10.9. The lowest BCUT2D eigenvalue weighted by Crippen LogP contribution is -2.52. The van der Waals surface area contributed by atoms with E-state index < -0.39 is 28.5 Å². The van der Waals surface area contributed by atoms with E-state index >= 15 is 0 Å². The number of nitrogens with one attached hydrogen (secondary N) is 1. The summed E-state index contributed by atoms with van der Waals surface area (Å²) >= 11 is 18.6. The molecule has 0 aliphatic carbocycles. The van der Waals surface area contributed by atoms with Crippen LogP contribution in [-0.4, -0.2) is 43.8 Å². The Morgan fingerprint density at radius 3 is 2.17 bits per heavy atom. The maximum absolute atomic E-state index is 14.0. The van der Waals surface area contributed by atoms with Gasteiger partial charge in [-0.2, -0.15) is 0 Å². The molecule has 0 aliphatic heterocycles. The quantitative estimate of drug-likeness (QED) is 0.265. The van der Waals surface area contributed by atoms with Crippen LogP contribution in [0.15, 0.2) is 71.6 Å². The van der Waals surface area contributed by atoms with Crippen molar-refractivity contribution in [2.75, 3.05) is 10.8 Å².